The number of thiazole rings is 1. The van der Waals surface area contributed by atoms with Crippen LogP contribution < -0.4 is 5.73 Å². The molecule has 2 aromatic rings. The van der Waals surface area contributed by atoms with E-state index in [9.17, 15) is 9.18 Å². The van der Waals surface area contributed by atoms with Crippen molar-refractivity contribution in [2.45, 2.75) is 13.1 Å². The van der Waals surface area contributed by atoms with Gasteiger partial charge in [0.1, 0.15) is 16.5 Å². The van der Waals surface area contributed by atoms with E-state index in [-0.39, 0.29) is 19.0 Å². The van der Waals surface area contributed by atoms with Crippen LogP contribution in [0.4, 0.5) is 4.39 Å². The highest BCUT2D eigenvalue weighted by molar-refractivity contribution is 7.09. The fourth-order valence-corrected chi connectivity index (χ4v) is 2.44. The summed E-state index contributed by atoms with van der Waals surface area (Å²) in [5.41, 5.74) is 6.39. The molecule has 0 fully saturated rings. The van der Waals surface area contributed by atoms with Crippen molar-refractivity contribution in [3.63, 3.8) is 0 Å². The highest BCUT2D eigenvalue weighted by atomic mass is 32.1. The topological polar surface area (TPSA) is 83.0 Å². The molecule has 2 rings (SSSR count). The molecule has 0 saturated carbocycles. The van der Waals surface area contributed by atoms with E-state index >= 15 is 0 Å². The van der Waals surface area contributed by atoms with E-state index in [4.69, 9.17) is 11.0 Å². The Morgan fingerprint density at radius 3 is 2.95 bits per heavy atom. The number of rotatable bonds is 4. The Kier molecular flexibility index (Phi) is 4.62. The summed E-state index contributed by atoms with van der Waals surface area (Å²) >= 11 is 1.31. The molecule has 0 aliphatic carbocycles. The first-order chi connectivity index (χ1) is 10.0. The number of nitrogens with zero attached hydrogens (tertiary/aromatic N) is 3. The number of nitriles is 1. The Morgan fingerprint density at radius 2 is 2.33 bits per heavy atom. The van der Waals surface area contributed by atoms with Gasteiger partial charge in [0.2, 0.25) is 0 Å². The molecule has 1 aromatic heterocycles. The van der Waals surface area contributed by atoms with E-state index < -0.39 is 5.82 Å². The molecule has 108 valence electrons. The zero-order valence-electron chi connectivity index (χ0n) is 11.3. The van der Waals surface area contributed by atoms with E-state index in [1.165, 1.54) is 34.4 Å². The summed E-state index contributed by atoms with van der Waals surface area (Å²) in [5, 5.41) is 11.1. The smallest absolute Gasteiger partial charge is 0.273 e. The minimum absolute atomic E-state index is 0.0652. The van der Waals surface area contributed by atoms with E-state index in [0.717, 1.165) is 0 Å². The summed E-state index contributed by atoms with van der Waals surface area (Å²) in [4.78, 5) is 17.6. The summed E-state index contributed by atoms with van der Waals surface area (Å²) in [5.74, 6) is -0.762. The second-order valence-corrected chi connectivity index (χ2v) is 5.35. The lowest BCUT2D eigenvalue weighted by Crippen LogP contribution is -2.27. The predicted octanol–water partition coefficient (Wildman–Crippen LogP) is 1.88. The maximum atomic E-state index is 13.7. The summed E-state index contributed by atoms with van der Waals surface area (Å²) in [6.07, 6.45) is 0. The van der Waals surface area contributed by atoms with Crippen molar-refractivity contribution in [2.24, 2.45) is 5.73 Å². The SMILES string of the molecule is CN(Cc1cc(C#N)ccc1F)C(=O)c1csc(CN)n1. The van der Waals surface area contributed by atoms with Gasteiger partial charge in [-0.15, -0.1) is 11.3 Å². The zero-order valence-corrected chi connectivity index (χ0v) is 12.2. The van der Waals surface area contributed by atoms with Crippen LogP contribution in [0.25, 0.3) is 0 Å². The fraction of sp³-hybridized carbons (Fsp3) is 0.214. The van der Waals surface area contributed by atoms with Crippen LogP contribution >= 0.6 is 11.3 Å². The lowest BCUT2D eigenvalue weighted by Gasteiger charge is -2.16. The molecule has 1 heterocycles. The molecule has 0 spiro atoms. The third-order valence-corrected chi connectivity index (χ3v) is 3.75. The van der Waals surface area contributed by atoms with Crippen LogP contribution in [-0.2, 0) is 13.1 Å². The van der Waals surface area contributed by atoms with Gasteiger partial charge in [-0.1, -0.05) is 0 Å². The first kappa shape index (κ1) is 15.1. The number of amides is 1. The largest absolute Gasteiger partial charge is 0.336 e. The Morgan fingerprint density at radius 1 is 1.57 bits per heavy atom. The minimum atomic E-state index is -0.449. The van der Waals surface area contributed by atoms with E-state index in [0.29, 0.717) is 21.8 Å². The van der Waals surface area contributed by atoms with Crippen molar-refractivity contribution in [3.8, 4) is 6.07 Å². The van der Waals surface area contributed by atoms with Crippen molar-refractivity contribution >= 4 is 17.2 Å². The van der Waals surface area contributed by atoms with E-state index in [2.05, 4.69) is 4.98 Å². The molecule has 0 unspecified atom stereocenters. The van der Waals surface area contributed by atoms with Gasteiger partial charge in [0, 0.05) is 31.1 Å². The number of hydrogen-bond donors (Lipinski definition) is 1. The van der Waals surface area contributed by atoms with Crippen LogP contribution in [0.5, 0.6) is 0 Å². The molecule has 0 saturated heterocycles. The molecule has 0 radical (unpaired) electrons. The number of nitrogens with two attached hydrogens (primary N) is 1. The quantitative estimate of drug-likeness (QED) is 0.935. The number of aromatic nitrogens is 1. The number of halogens is 1. The molecule has 7 heteroatoms. The summed E-state index contributed by atoms with van der Waals surface area (Å²) in [6.45, 7) is 0.343. The van der Waals surface area contributed by atoms with Gasteiger partial charge in [0.15, 0.2) is 0 Å². The third kappa shape index (κ3) is 3.42. The van der Waals surface area contributed by atoms with Crippen molar-refractivity contribution in [3.05, 3.63) is 51.2 Å². The maximum absolute atomic E-state index is 13.7. The molecular weight excluding hydrogens is 291 g/mol. The Balaban J connectivity index is 2.16. The van der Waals surface area contributed by atoms with Crippen LogP contribution in [0.3, 0.4) is 0 Å². The normalized spacial score (nSPS) is 10.2. The van der Waals surface area contributed by atoms with Crippen molar-refractivity contribution < 1.29 is 9.18 Å². The molecule has 0 atom stereocenters. The Labute approximate surface area is 125 Å². The second kappa shape index (κ2) is 6.43. The summed E-state index contributed by atoms with van der Waals surface area (Å²) < 4.78 is 13.7. The summed E-state index contributed by atoms with van der Waals surface area (Å²) in [7, 11) is 1.56. The van der Waals surface area contributed by atoms with Crippen molar-refractivity contribution in [1.29, 1.82) is 5.26 Å². The lowest BCUT2D eigenvalue weighted by atomic mass is 10.1. The predicted molar refractivity (Wildman–Crippen MR) is 76.9 cm³/mol. The van der Waals surface area contributed by atoms with Gasteiger partial charge in [0.05, 0.1) is 11.6 Å². The summed E-state index contributed by atoms with van der Waals surface area (Å²) in [6, 6.07) is 6.00. The monoisotopic (exact) mass is 304 g/mol. The van der Waals surface area contributed by atoms with Crippen LogP contribution in [0.15, 0.2) is 23.6 Å². The minimum Gasteiger partial charge on any atom is -0.336 e. The highest BCUT2D eigenvalue weighted by Gasteiger charge is 2.17. The molecule has 1 aromatic carbocycles. The molecule has 0 bridgehead atoms. The first-order valence-corrected chi connectivity index (χ1v) is 7.01. The average Bonchev–Trinajstić information content (AvgIpc) is 2.97. The van der Waals surface area contributed by atoms with Gasteiger partial charge in [-0.25, -0.2) is 9.37 Å². The molecule has 1 amide bonds. The molecule has 0 aliphatic heterocycles. The van der Waals surface area contributed by atoms with Gasteiger partial charge in [-0.3, -0.25) is 4.79 Å². The van der Waals surface area contributed by atoms with Crippen LogP contribution in [-0.4, -0.2) is 22.8 Å². The first-order valence-electron chi connectivity index (χ1n) is 6.13. The number of carbonyl (C=O) groups is 1. The molecule has 0 aliphatic rings. The Hall–Kier alpha value is -2.30. The highest BCUT2D eigenvalue weighted by Crippen LogP contribution is 2.15. The van der Waals surface area contributed by atoms with Gasteiger partial charge in [0.25, 0.3) is 5.91 Å². The van der Waals surface area contributed by atoms with Gasteiger partial charge >= 0.3 is 0 Å². The van der Waals surface area contributed by atoms with Crippen LogP contribution in [0.2, 0.25) is 0 Å². The van der Waals surface area contributed by atoms with Gasteiger partial charge < -0.3 is 10.6 Å². The number of carbonyl (C=O) groups excluding carboxylic acids is 1. The third-order valence-electron chi connectivity index (χ3n) is 2.87. The lowest BCUT2D eigenvalue weighted by molar-refractivity contribution is 0.0778. The van der Waals surface area contributed by atoms with Crippen molar-refractivity contribution in [1.82, 2.24) is 9.88 Å². The second-order valence-electron chi connectivity index (χ2n) is 4.41. The fourth-order valence-electron chi connectivity index (χ4n) is 1.79. The van der Waals surface area contributed by atoms with E-state index in [1.54, 1.807) is 12.4 Å². The number of hydrogen-bond acceptors (Lipinski definition) is 5. The zero-order chi connectivity index (χ0) is 15.4. The molecule has 5 nitrogen and oxygen atoms in total. The van der Waals surface area contributed by atoms with Gasteiger partial charge in [-0.05, 0) is 18.2 Å². The van der Waals surface area contributed by atoms with E-state index in [1.807, 2.05) is 6.07 Å². The van der Waals surface area contributed by atoms with Gasteiger partial charge in [-0.2, -0.15) is 5.26 Å². The molecule has 2 N–H and O–H groups in total. The van der Waals surface area contributed by atoms with Crippen LogP contribution in [0, 0.1) is 17.1 Å². The Bertz CT molecular complexity index is 707. The molecular formula is C14H13FN4OS. The maximum Gasteiger partial charge on any atom is 0.273 e. The standard InChI is InChI=1S/C14H13FN4OS/c1-19(14(20)12-8-21-13(6-17)18-12)7-10-4-9(5-16)2-3-11(10)15/h2-4,8H,6-7,17H2,1H3. The molecule has 21 heavy (non-hydrogen) atoms. The number of benzene rings is 1. The average molecular weight is 304 g/mol. The van der Waals surface area contributed by atoms with Crippen molar-refractivity contribution in [2.75, 3.05) is 7.05 Å². The van der Waals surface area contributed by atoms with Crippen LogP contribution in [0.1, 0.15) is 26.6 Å².